The molecule has 2 N–H and O–H groups in total. The van der Waals surface area contributed by atoms with Crippen molar-refractivity contribution in [2.45, 2.75) is 37.8 Å². The van der Waals surface area contributed by atoms with E-state index in [4.69, 9.17) is 4.42 Å². The summed E-state index contributed by atoms with van der Waals surface area (Å²) in [4.78, 5) is 0.137. The van der Waals surface area contributed by atoms with Crippen molar-refractivity contribution >= 4 is 16.0 Å². The minimum absolute atomic E-state index is 0.00897. The summed E-state index contributed by atoms with van der Waals surface area (Å²) < 4.78 is 73.7. The molecule has 1 unspecified atom stereocenters. The summed E-state index contributed by atoms with van der Waals surface area (Å²) >= 11 is 0. The SMILES string of the molecule is C[C@@H]1C[C@H](C)CN(S(=O)(=O)c2ccc(C(O)Nc3nnc(-c4ccc(OC(F)(F)F)cc4)o3)cc2)C1. The van der Waals surface area contributed by atoms with Crippen LogP contribution in [0.3, 0.4) is 0 Å². The maximum absolute atomic E-state index is 13.0. The molecule has 3 aromatic rings. The van der Waals surface area contributed by atoms with E-state index in [9.17, 15) is 26.7 Å². The summed E-state index contributed by atoms with van der Waals surface area (Å²) in [5.41, 5.74) is 0.707. The van der Waals surface area contributed by atoms with E-state index in [1.807, 2.05) is 13.8 Å². The fourth-order valence-corrected chi connectivity index (χ4v) is 5.85. The van der Waals surface area contributed by atoms with E-state index in [1.54, 1.807) is 0 Å². The molecular weight excluding hydrogens is 501 g/mol. The number of benzene rings is 2. The van der Waals surface area contributed by atoms with Gasteiger partial charge in [0, 0.05) is 24.2 Å². The number of anilines is 1. The number of piperidine rings is 1. The normalized spacial score (nSPS) is 20.2. The monoisotopic (exact) mass is 526 g/mol. The topological polar surface area (TPSA) is 118 Å². The molecule has 1 aliphatic rings. The van der Waals surface area contributed by atoms with Gasteiger partial charge in [0.1, 0.15) is 5.75 Å². The van der Waals surface area contributed by atoms with Crippen molar-refractivity contribution in [3.63, 3.8) is 0 Å². The molecule has 0 radical (unpaired) electrons. The first kappa shape index (κ1) is 25.9. The van der Waals surface area contributed by atoms with Crippen molar-refractivity contribution in [2.24, 2.45) is 11.8 Å². The van der Waals surface area contributed by atoms with Gasteiger partial charge in [-0.1, -0.05) is 31.1 Å². The maximum Gasteiger partial charge on any atom is 0.573 e. The molecule has 0 spiro atoms. The molecule has 2 aromatic carbocycles. The highest BCUT2D eigenvalue weighted by Gasteiger charge is 2.32. The van der Waals surface area contributed by atoms with Gasteiger partial charge < -0.3 is 19.6 Å². The van der Waals surface area contributed by atoms with E-state index < -0.39 is 28.4 Å². The number of nitrogens with zero attached hydrogens (tertiary/aromatic N) is 3. The van der Waals surface area contributed by atoms with Crippen molar-refractivity contribution in [1.29, 1.82) is 0 Å². The first-order valence-electron chi connectivity index (χ1n) is 11.1. The van der Waals surface area contributed by atoms with Gasteiger partial charge in [0.05, 0.1) is 4.90 Å². The van der Waals surface area contributed by atoms with Crippen LogP contribution in [0.1, 0.15) is 32.1 Å². The zero-order valence-corrected chi connectivity index (χ0v) is 20.3. The number of aromatic nitrogens is 2. The Hall–Kier alpha value is -3.16. The fraction of sp³-hybridized carbons (Fsp3) is 0.391. The van der Waals surface area contributed by atoms with Crippen molar-refractivity contribution in [3.8, 4) is 17.2 Å². The lowest BCUT2D eigenvalue weighted by Crippen LogP contribution is -2.42. The highest BCUT2D eigenvalue weighted by atomic mass is 32.2. The molecule has 9 nitrogen and oxygen atoms in total. The average molecular weight is 527 g/mol. The number of hydrogen-bond acceptors (Lipinski definition) is 8. The second kappa shape index (κ2) is 10.1. The van der Waals surface area contributed by atoms with Gasteiger partial charge in [0.15, 0.2) is 6.23 Å². The zero-order chi connectivity index (χ0) is 26.1. The lowest BCUT2D eigenvalue weighted by molar-refractivity contribution is -0.274. The van der Waals surface area contributed by atoms with Gasteiger partial charge in [0.2, 0.25) is 15.9 Å². The van der Waals surface area contributed by atoms with Crippen LogP contribution in [-0.4, -0.2) is 47.5 Å². The predicted molar refractivity (Wildman–Crippen MR) is 123 cm³/mol. The minimum Gasteiger partial charge on any atom is -0.406 e. The molecule has 36 heavy (non-hydrogen) atoms. The molecule has 3 atom stereocenters. The molecule has 2 heterocycles. The van der Waals surface area contributed by atoms with Crippen LogP contribution in [0.5, 0.6) is 5.75 Å². The second-order valence-electron chi connectivity index (χ2n) is 8.87. The van der Waals surface area contributed by atoms with Crippen LogP contribution in [0, 0.1) is 11.8 Å². The molecule has 1 aromatic heterocycles. The third-order valence-corrected chi connectivity index (χ3v) is 7.53. The summed E-state index contributed by atoms with van der Waals surface area (Å²) in [6, 6.07) is 10.5. The Kier molecular flexibility index (Phi) is 7.25. The van der Waals surface area contributed by atoms with Gasteiger partial charge in [-0.2, -0.15) is 4.31 Å². The number of hydrogen-bond donors (Lipinski definition) is 2. The van der Waals surface area contributed by atoms with Crippen LogP contribution < -0.4 is 10.1 Å². The van der Waals surface area contributed by atoms with Crippen molar-refractivity contribution in [3.05, 3.63) is 54.1 Å². The summed E-state index contributed by atoms with van der Waals surface area (Å²) in [5.74, 6) is 0.169. The third kappa shape index (κ3) is 6.15. The number of rotatable bonds is 7. The number of ether oxygens (including phenoxy) is 1. The standard InChI is InChI=1S/C23H25F3N4O5S/c1-14-11-15(2)13-30(12-14)36(32,33)19-9-5-16(6-10-19)20(31)27-22-29-28-21(34-22)17-3-7-18(8-4-17)35-23(24,25)26/h3-10,14-15,20,31H,11-13H2,1-2H3,(H,27,29)/t14-,15+,20?. The summed E-state index contributed by atoms with van der Waals surface area (Å²) in [7, 11) is -3.65. The largest absolute Gasteiger partial charge is 0.573 e. The van der Waals surface area contributed by atoms with Crippen molar-refractivity contribution in [1.82, 2.24) is 14.5 Å². The molecule has 4 rings (SSSR count). The molecule has 0 aliphatic carbocycles. The molecule has 194 valence electrons. The van der Waals surface area contributed by atoms with Gasteiger partial charge in [-0.05, 0) is 54.7 Å². The highest BCUT2D eigenvalue weighted by Crippen LogP contribution is 2.29. The van der Waals surface area contributed by atoms with Crippen molar-refractivity contribution in [2.75, 3.05) is 18.4 Å². The molecule has 1 aliphatic heterocycles. The first-order valence-corrected chi connectivity index (χ1v) is 12.6. The number of nitrogens with one attached hydrogen (secondary N) is 1. The Morgan fingerprint density at radius 3 is 2.25 bits per heavy atom. The van der Waals surface area contributed by atoms with Crippen LogP contribution in [0.2, 0.25) is 0 Å². The van der Waals surface area contributed by atoms with Crippen LogP contribution in [0.4, 0.5) is 19.2 Å². The van der Waals surface area contributed by atoms with E-state index in [1.165, 1.54) is 40.7 Å². The van der Waals surface area contributed by atoms with E-state index in [-0.39, 0.29) is 28.6 Å². The Labute approximate surface area is 206 Å². The lowest BCUT2D eigenvalue weighted by atomic mass is 9.94. The quantitative estimate of drug-likeness (QED) is 0.435. The number of sulfonamides is 1. The number of alkyl halides is 3. The number of aliphatic hydroxyl groups excluding tert-OH is 1. The minimum atomic E-state index is -4.80. The smallest absolute Gasteiger partial charge is 0.406 e. The molecule has 0 bridgehead atoms. The zero-order valence-electron chi connectivity index (χ0n) is 19.4. The van der Waals surface area contributed by atoms with Gasteiger partial charge in [-0.3, -0.25) is 0 Å². The highest BCUT2D eigenvalue weighted by molar-refractivity contribution is 7.89. The average Bonchev–Trinajstić information content (AvgIpc) is 3.26. The predicted octanol–water partition coefficient (Wildman–Crippen LogP) is 4.40. The van der Waals surface area contributed by atoms with Gasteiger partial charge in [0.25, 0.3) is 0 Å². The summed E-state index contributed by atoms with van der Waals surface area (Å²) in [6.07, 6.45) is -5.10. The van der Waals surface area contributed by atoms with Crippen LogP contribution >= 0.6 is 0 Å². The molecule has 13 heteroatoms. The van der Waals surface area contributed by atoms with Crippen molar-refractivity contribution < 1.29 is 35.8 Å². The molecule has 0 saturated carbocycles. The summed E-state index contributed by atoms with van der Waals surface area (Å²) in [5, 5.41) is 20.7. The van der Waals surface area contributed by atoms with Crippen LogP contribution in [0.15, 0.2) is 57.8 Å². The maximum atomic E-state index is 13.0. The second-order valence-corrected chi connectivity index (χ2v) is 10.8. The van der Waals surface area contributed by atoms with E-state index >= 15 is 0 Å². The molecule has 0 amide bonds. The Morgan fingerprint density at radius 2 is 1.67 bits per heavy atom. The van der Waals surface area contributed by atoms with E-state index in [2.05, 4.69) is 20.3 Å². The third-order valence-electron chi connectivity index (χ3n) is 5.69. The summed E-state index contributed by atoms with van der Waals surface area (Å²) in [6.45, 7) is 5.00. The van der Waals surface area contributed by atoms with Crippen LogP contribution in [0.25, 0.3) is 11.5 Å². The molecular formula is C23H25F3N4O5S. The fourth-order valence-electron chi connectivity index (χ4n) is 4.17. The molecule has 1 saturated heterocycles. The first-order chi connectivity index (χ1) is 16.9. The Balaban J connectivity index is 1.41. The Morgan fingerprint density at radius 1 is 1.06 bits per heavy atom. The molecule has 1 fully saturated rings. The lowest BCUT2D eigenvalue weighted by Gasteiger charge is -2.34. The van der Waals surface area contributed by atoms with Crippen LogP contribution in [-0.2, 0) is 10.0 Å². The van der Waals surface area contributed by atoms with E-state index in [0.717, 1.165) is 18.6 Å². The van der Waals surface area contributed by atoms with Gasteiger partial charge in [-0.25, -0.2) is 8.42 Å². The van der Waals surface area contributed by atoms with Gasteiger partial charge in [-0.15, -0.1) is 18.3 Å². The number of halogens is 3. The van der Waals surface area contributed by atoms with Gasteiger partial charge >= 0.3 is 12.4 Å². The van der Waals surface area contributed by atoms with E-state index in [0.29, 0.717) is 24.2 Å². The Bertz CT molecular complexity index is 1270. The number of aliphatic hydroxyl groups is 1.